The molecular formula is C19H24N4O5. The number of aromatic nitrogens is 2. The van der Waals surface area contributed by atoms with E-state index in [0.29, 0.717) is 23.9 Å². The van der Waals surface area contributed by atoms with Gasteiger partial charge in [-0.2, -0.15) is 5.10 Å². The molecule has 0 aliphatic carbocycles. The molecule has 1 aromatic carbocycles. The number of amides is 3. The van der Waals surface area contributed by atoms with Crippen molar-refractivity contribution in [3.05, 3.63) is 40.3 Å². The summed E-state index contributed by atoms with van der Waals surface area (Å²) in [6.45, 7) is 4.02. The standard InChI is InChI=1S/C19H24N4O5/c1-3-5-11-23-17(25)14-9-7-6-8-13(14)16(22-23)18(26)28-12-15(24)21-19(27)20-10-4-2/h6-9H,3-5,10-12H2,1-2H3,(H2,20,21,24,27). The number of nitrogens with zero attached hydrogens (tertiary/aromatic N) is 2. The van der Waals surface area contributed by atoms with Crippen LogP contribution in [0.2, 0.25) is 0 Å². The zero-order chi connectivity index (χ0) is 20.5. The number of carbonyl (C=O) groups is 3. The highest BCUT2D eigenvalue weighted by atomic mass is 16.5. The SMILES string of the molecule is CCCCn1nc(C(=O)OCC(=O)NC(=O)NCCC)c2ccccc2c1=O. The Morgan fingerprint density at radius 2 is 1.82 bits per heavy atom. The minimum absolute atomic E-state index is 0.0467. The van der Waals surface area contributed by atoms with Crippen LogP contribution in [0.5, 0.6) is 0 Å². The van der Waals surface area contributed by atoms with E-state index in [2.05, 4.69) is 15.7 Å². The summed E-state index contributed by atoms with van der Waals surface area (Å²) in [5.41, 5.74) is -0.333. The van der Waals surface area contributed by atoms with Gasteiger partial charge in [0.1, 0.15) is 0 Å². The van der Waals surface area contributed by atoms with Gasteiger partial charge in [-0.15, -0.1) is 0 Å². The largest absolute Gasteiger partial charge is 0.451 e. The third-order valence-corrected chi connectivity index (χ3v) is 3.91. The Morgan fingerprint density at radius 3 is 2.50 bits per heavy atom. The Kier molecular flexibility index (Phi) is 7.67. The fourth-order valence-electron chi connectivity index (χ4n) is 2.49. The van der Waals surface area contributed by atoms with E-state index in [9.17, 15) is 19.2 Å². The molecule has 0 atom stereocenters. The van der Waals surface area contributed by atoms with Crippen LogP contribution >= 0.6 is 0 Å². The van der Waals surface area contributed by atoms with Crippen LogP contribution in [-0.4, -0.2) is 40.8 Å². The molecule has 0 bridgehead atoms. The van der Waals surface area contributed by atoms with Crippen LogP contribution in [0.3, 0.4) is 0 Å². The first-order valence-electron chi connectivity index (χ1n) is 9.22. The first-order valence-corrected chi connectivity index (χ1v) is 9.22. The van der Waals surface area contributed by atoms with E-state index in [1.165, 1.54) is 4.68 Å². The molecule has 0 saturated carbocycles. The lowest BCUT2D eigenvalue weighted by Gasteiger charge is -2.11. The molecule has 9 nitrogen and oxygen atoms in total. The number of ether oxygens (including phenoxy) is 1. The number of hydrogen-bond donors (Lipinski definition) is 2. The second kappa shape index (κ2) is 10.2. The Labute approximate surface area is 162 Å². The van der Waals surface area contributed by atoms with Crippen molar-refractivity contribution in [2.24, 2.45) is 0 Å². The lowest BCUT2D eigenvalue weighted by Crippen LogP contribution is -2.41. The summed E-state index contributed by atoms with van der Waals surface area (Å²) in [5.74, 6) is -1.60. The first-order chi connectivity index (χ1) is 13.5. The summed E-state index contributed by atoms with van der Waals surface area (Å²) in [4.78, 5) is 48.2. The van der Waals surface area contributed by atoms with Gasteiger partial charge in [-0.05, 0) is 18.9 Å². The molecule has 9 heteroatoms. The average molecular weight is 388 g/mol. The molecule has 150 valence electrons. The van der Waals surface area contributed by atoms with Gasteiger partial charge in [0.15, 0.2) is 12.3 Å². The number of fused-ring (bicyclic) bond motifs is 1. The smallest absolute Gasteiger partial charge is 0.359 e. The van der Waals surface area contributed by atoms with Crippen molar-refractivity contribution in [2.75, 3.05) is 13.2 Å². The van der Waals surface area contributed by atoms with Crippen LogP contribution in [0.4, 0.5) is 4.79 Å². The Hall–Kier alpha value is -3.23. The van der Waals surface area contributed by atoms with E-state index in [0.717, 1.165) is 19.3 Å². The van der Waals surface area contributed by atoms with E-state index in [4.69, 9.17) is 4.74 Å². The quantitative estimate of drug-likeness (QED) is 0.663. The van der Waals surface area contributed by atoms with Gasteiger partial charge < -0.3 is 10.1 Å². The van der Waals surface area contributed by atoms with Gasteiger partial charge in [-0.1, -0.05) is 38.5 Å². The molecule has 0 aliphatic rings. The van der Waals surface area contributed by atoms with Crippen LogP contribution in [-0.2, 0) is 16.1 Å². The highest BCUT2D eigenvalue weighted by Crippen LogP contribution is 2.14. The first kappa shape index (κ1) is 21.1. The average Bonchev–Trinajstić information content (AvgIpc) is 2.70. The van der Waals surface area contributed by atoms with Crippen LogP contribution in [0.1, 0.15) is 43.6 Å². The molecule has 0 saturated heterocycles. The van der Waals surface area contributed by atoms with Crippen LogP contribution < -0.4 is 16.2 Å². The topological polar surface area (TPSA) is 119 Å². The number of urea groups is 1. The highest BCUT2D eigenvalue weighted by molar-refractivity contribution is 6.03. The maximum Gasteiger partial charge on any atom is 0.359 e. The number of esters is 1. The van der Waals surface area contributed by atoms with Crippen molar-refractivity contribution in [3.63, 3.8) is 0 Å². The molecule has 0 spiro atoms. The van der Waals surface area contributed by atoms with E-state index < -0.39 is 24.5 Å². The Bertz CT molecular complexity index is 922. The van der Waals surface area contributed by atoms with Gasteiger partial charge in [0.05, 0.1) is 5.39 Å². The zero-order valence-corrected chi connectivity index (χ0v) is 16.0. The van der Waals surface area contributed by atoms with Gasteiger partial charge in [0.25, 0.3) is 11.5 Å². The van der Waals surface area contributed by atoms with E-state index in [1.54, 1.807) is 24.3 Å². The molecule has 1 heterocycles. The van der Waals surface area contributed by atoms with Crippen molar-refractivity contribution in [1.82, 2.24) is 20.4 Å². The lowest BCUT2D eigenvalue weighted by atomic mass is 10.1. The van der Waals surface area contributed by atoms with Crippen molar-refractivity contribution in [1.29, 1.82) is 0 Å². The number of aryl methyl sites for hydroxylation is 1. The van der Waals surface area contributed by atoms with Gasteiger partial charge in [-0.3, -0.25) is 14.9 Å². The monoisotopic (exact) mass is 388 g/mol. The number of rotatable bonds is 8. The van der Waals surface area contributed by atoms with Crippen molar-refractivity contribution >= 4 is 28.7 Å². The predicted molar refractivity (Wildman–Crippen MR) is 103 cm³/mol. The third-order valence-electron chi connectivity index (χ3n) is 3.91. The summed E-state index contributed by atoms with van der Waals surface area (Å²) >= 11 is 0. The van der Waals surface area contributed by atoms with Crippen LogP contribution in [0.25, 0.3) is 10.8 Å². The molecule has 0 fully saturated rings. The normalized spacial score (nSPS) is 10.5. The Morgan fingerprint density at radius 1 is 1.11 bits per heavy atom. The summed E-state index contributed by atoms with van der Waals surface area (Å²) in [6.07, 6.45) is 2.32. The molecule has 0 radical (unpaired) electrons. The van der Waals surface area contributed by atoms with Crippen molar-refractivity contribution in [3.8, 4) is 0 Å². The molecule has 0 aliphatic heterocycles. The second-order valence-electron chi connectivity index (χ2n) is 6.16. The predicted octanol–water partition coefficient (Wildman–Crippen LogP) is 1.59. The van der Waals surface area contributed by atoms with E-state index in [-0.39, 0.29) is 11.3 Å². The summed E-state index contributed by atoms with van der Waals surface area (Å²) in [5, 5.41) is 9.38. The maximum atomic E-state index is 12.5. The summed E-state index contributed by atoms with van der Waals surface area (Å²) < 4.78 is 6.23. The Balaban J connectivity index is 2.16. The lowest BCUT2D eigenvalue weighted by molar-refractivity contribution is -0.123. The van der Waals surface area contributed by atoms with Gasteiger partial charge >= 0.3 is 12.0 Å². The fourth-order valence-corrected chi connectivity index (χ4v) is 2.49. The molecule has 2 aromatic rings. The van der Waals surface area contributed by atoms with Gasteiger partial charge in [0.2, 0.25) is 0 Å². The fraction of sp³-hybridized carbons (Fsp3) is 0.421. The van der Waals surface area contributed by atoms with Gasteiger partial charge in [-0.25, -0.2) is 14.3 Å². The zero-order valence-electron chi connectivity index (χ0n) is 16.0. The molecule has 2 N–H and O–H groups in total. The summed E-state index contributed by atoms with van der Waals surface area (Å²) in [7, 11) is 0. The number of carbonyl (C=O) groups excluding carboxylic acids is 3. The third kappa shape index (κ3) is 5.38. The molecular weight excluding hydrogens is 364 g/mol. The second-order valence-corrected chi connectivity index (χ2v) is 6.16. The molecule has 0 unspecified atom stereocenters. The molecule has 2 rings (SSSR count). The minimum Gasteiger partial charge on any atom is -0.451 e. The highest BCUT2D eigenvalue weighted by Gasteiger charge is 2.19. The molecule has 28 heavy (non-hydrogen) atoms. The van der Waals surface area contributed by atoms with E-state index in [1.807, 2.05) is 13.8 Å². The van der Waals surface area contributed by atoms with Crippen LogP contribution in [0.15, 0.2) is 29.1 Å². The van der Waals surface area contributed by atoms with Crippen molar-refractivity contribution < 1.29 is 19.1 Å². The number of unbranched alkanes of at least 4 members (excludes halogenated alkanes) is 1. The number of nitrogens with one attached hydrogen (secondary N) is 2. The van der Waals surface area contributed by atoms with Crippen LogP contribution in [0, 0.1) is 0 Å². The van der Waals surface area contributed by atoms with E-state index >= 15 is 0 Å². The summed E-state index contributed by atoms with van der Waals surface area (Å²) in [6, 6.07) is 5.94. The number of hydrogen-bond acceptors (Lipinski definition) is 6. The molecule has 1 aromatic heterocycles. The molecule has 3 amide bonds. The maximum absolute atomic E-state index is 12.5. The number of imide groups is 1. The minimum atomic E-state index is -0.842. The van der Waals surface area contributed by atoms with Crippen molar-refractivity contribution in [2.45, 2.75) is 39.7 Å². The number of benzene rings is 1. The van der Waals surface area contributed by atoms with Gasteiger partial charge in [0, 0.05) is 18.5 Å².